The van der Waals surface area contributed by atoms with E-state index in [2.05, 4.69) is 43.9 Å². The second-order valence-electron chi connectivity index (χ2n) is 3.96. The van der Waals surface area contributed by atoms with E-state index in [-0.39, 0.29) is 0 Å². The Kier molecular flexibility index (Phi) is 5.16. The Balaban J connectivity index is 1.94. The van der Waals surface area contributed by atoms with Crippen LogP contribution >= 0.6 is 27.3 Å². The summed E-state index contributed by atoms with van der Waals surface area (Å²) < 4.78 is 1.06. The minimum atomic E-state index is 0.838. The lowest BCUT2D eigenvalue weighted by molar-refractivity contribution is 0.667. The highest BCUT2D eigenvalue weighted by Crippen LogP contribution is 2.23. The van der Waals surface area contributed by atoms with Crippen LogP contribution in [0, 0.1) is 0 Å². The molecule has 0 saturated heterocycles. The minimum Gasteiger partial charge on any atom is -0.332 e. The van der Waals surface area contributed by atoms with Crippen molar-refractivity contribution in [3.8, 4) is 0 Å². The number of benzene rings is 1. The first-order chi connectivity index (χ1) is 8.78. The molecular formula is C13H16BrN3S. The maximum Gasteiger partial charge on any atom is 0.187 e. The van der Waals surface area contributed by atoms with Gasteiger partial charge in [-0.15, -0.1) is 11.3 Å². The second kappa shape index (κ2) is 6.87. The summed E-state index contributed by atoms with van der Waals surface area (Å²) in [5, 5.41) is 9.67. The van der Waals surface area contributed by atoms with Crippen LogP contribution in [0.15, 0.2) is 34.1 Å². The maximum absolute atomic E-state index is 4.54. The van der Waals surface area contributed by atoms with E-state index in [1.165, 1.54) is 0 Å². The van der Waals surface area contributed by atoms with Crippen molar-refractivity contribution < 1.29 is 0 Å². The van der Waals surface area contributed by atoms with Gasteiger partial charge in [-0.3, -0.25) is 0 Å². The molecule has 0 bridgehead atoms. The molecule has 0 unspecified atom stereocenters. The van der Waals surface area contributed by atoms with E-state index in [0.29, 0.717) is 0 Å². The van der Waals surface area contributed by atoms with E-state index < -0.39 is 0 Å². The van der Waals surface area contributed by atoms with Gasteiger partial charge in [-0.05, 0) is 31.2 Å². The van der Waals surface area contributed by atoms with Crippen LogP contribution in [0.3, 0.4) is 0 Å². The molecule has 18 heavy (non-hydrogen) atoms. The molecule has 0 aliphatic heterocycles. The highest BCUT2D eigenvalue weighted by atomic mass is 79.9. The number of nitrogens with zero attached hydrogens (tertiary/aromatic N) is 1. The smallest absolute Gasteiger partial charge is 0.187 e. The predicted octanol–water partition coefficient (Wildman–Crippen LogP) is 4.15. The summed E-state index contributed by atoms with van der Waals surface area (Å²) in [5.74, 6) is 0. The highest BCUT2D eigenvalue weighted by molar-refractivity contribution is 9.10. The summed E-state index contributed by atoms with van der Waals surface area (Å²) in [6.45, 7) is 4.03. The Morgan fingerprint density at radius 3 is 3.06 bits per heavy atom. The van der Waals surface area contributed by atoms with Crippen LogP contribution < -0.4 is 10.6 Å². The number of hydrogen-bond donors (Lipinski definition) is 2. The van der Waals surface area contributed by atoms with Gasteiger partial charge in [-0.1, -0.05) is 28.9 Å². The molecule has 1 aromatic heterocycles. The van der Waals surface area contributed by atoms with Gasteiger partial charge in [-0.2, -0.15) is 0 Å². The Hall–Kier alpha value is -0.910. The molecule has 2 aromatic rings. The van der Waals surface area contributed by atoms with Crippen molar-refractivity contribution in [1.29, 1.82) is 0 Å². The van der Waals surface area contributed by atoms with Crippen LogP contribution in [-0.4, -0.2) is 11.5 Å². The molecule has 0 amide bonds. The molecule has 5 heteroatoms. The normalized spacial score (nSPS) is 10.6. The zero-order chi connectivity index (χ0) is 12.8. The van der Waals surface area contributed by atoms with E-state index in [4.69, 9.17) is 0 Å². The molecule has 96 valence electrons. The Labute approximate surface area is 120 Å². The molecule has 0 saturated carbocycles. The number of nitrogens with one attached hydrogen (secondary N) is 2. The van der Waals surface area contributed by atoms with E-state index in [0.717, 1.165) is 40.5 Å². The zero-order valence-electron chi connectivity index (χ0n) is 10.2. The summed E-state index contributed by atoms with van der Waals surface area (Å²) in [6, 6.07) is 8.08. The third-order valence-electron chi connectivity index (χ3n) is 2.36. The van der Waals surface area contributed by atoms with Crippen molar-refractivity contribution in [3.63, 3.8) is 0 Å². The Bertz CT molecular complexity index is 498. The van der Waals surface area contributed by atoms with Crippen molar-refractivity contribution in [1.82, 2.24) is 10.3 Å². The number of rotatable bonds is 6. The van der Waals surface area contributed by atoms with Gasteiger partial charge in [-0.25, -0.2) is 4.98 Å². The zero-order valence-corrected chi connectivity index (χ0v) is 12.6. The highest BCUT2D eigenvalue weighted by Gasteiger charge is 2.02. The van der Waals surface area contributed by atoms with Crippen molar-refractivity contribution in [3.05, 3.63) is 39.8 Å². The summed E-state index contributed by atoms with van der Waals surface area (Å²) in [5.41, 5.74) is 2.14. The van der Waals surface area contributed by atoms with Crippen LogP contribution in [0.5, 0.6) is 0 Å². The van der Waals surface area contributed by atoms with E-state index in [9.17, 15) is 0 Å². The molecule has 0 spiro atoms. The molecule has 3 nitrogen and oxygen atoms in total. The van der Waals surface area contributed by atoms with Gasteiger partial charge in [0, 0.05) is 22.1 Å². The maximum atomic E-state index is 4.54. The second-order valence-corrected chi connectivity index (χ2v) is 5.73. The molecule has 0 fully saturated rings. The van der Waals surface area contributed by atoms with Crippen LogP contribution in [0.25, 0.3) is 0 Å². The molecular weight excluding hydrogens is 310 g/mol. The van der Waals surface area contributed by atoms with Gasteiger partial charge in [0.2, 0.25) is 0 Å². The monoisotopic (exact) mass is 325 g/mol. The first kappa shape index (κ1) is 13.5. The summed E-state index contributed by atoms with van der Waals surface area (Å²) >= 11 is 5.09. The lowest BCUT2D eigenvalue weighted by Crippen LogP contribution is -2.13. The minimum absolute atomic E-state index is 0.838. The first-order valence-electron chi connectivity index (χ1n) is 5.95. The third kappa shape index (κ3) is 4.08. The van der Waals surface area contributed by atoms with E-state index >= 15 is 0 Å². The molecule has 2 rings (SSSR count). The van der Waals surface area contributed by atoms with Crippen LogP contribution in [0.4, 0.5) is 10.8 Å². The Morgan fingerprint density at radius 2 is 2.28 bits per heavy atom. The van der Waals surface area contributed by atoms with Gasteiger partial charge in [0.1, 0.15) is 0 Å². The quantitative estimate of drug-likeness (QED) is 0.783. The lowest BCUT2D eigenvalue weighted by Gasteiger charge is -2.02. The largest absolute Gasteiger partial charge is 0.332 e. The molecule has 0 radical (unpaired) electrons. The number of aromatic nitrogens is 1. The summed E-state index contributed by atoms with van der Waals surface area (Å²) in [7, 11) is 0. The fraction of sp³-hybridized carbons (Fsp3) is 0.308. The lowest BCUT2D eigenvalue weighted by atomic mass is 10.3. The molecule has 0 aliphatic rings. The van der Waals surface area contributed by atoms with Gasteiger partial charge >= 0.3 is 0 Å². The molecule has 0 aliphatic carbocycles. The van der Waals surface area contributed by atoms with Gasteiger partial charge in [0.05, 0.1) is 5.69 Å². The fourth-order valence-electron chi connectivity index (χ4n) is 1.53. The van der Waals surface area contributed by atoms with Crippen molar-refractivity contribution >= 4 is 38.1 Å². The van der Waals surface area contributed by atoms with Gasteiger partial charge < -0.3 is 10.6 Å². The van der Waals surface area contributed by atoms with Crippen LogP contribution in [0.1, 0.15) is 19.0 Å². The number of halogens is 1. The van der Waals surface area contributed by atoms with Crippen molar-refractivity contribution in [2.45, 2.75) is 19.9 Å². The van der Waals surface area contributed by atoms with Crippen molar-refractivity contribution in [2.75, 3.05) is 11.9 Å². The first-order valence-corrected chi connectivity index (χ1v) is 7.63. The number of hydrogen-bond acceptors (Lipinski definition) is 4. The summed E-state index contributed by atoms with van der Waals surface area (Å²) in [6.07, 6.45) is 1.15. The molecule has 2 N–H and O–H groups in total. The van der Waals surface area contributed by atoms with Gasteiger partial charge in [0.15, 0.2) is 5.13 Å². The van der Waals surface area contributed by atoms with Crippen molar-refractivity contribution in [2.24, 2.45) is 0 Å². The molecule has 1 heterocycles. The average molecular weight is 326 g/mol. The Morgan fingerprint density at radius 1 is 1.39 bits per heavy atom. The third-order valence-corrected chi connectivity index (χ3v) is 3.66. The van der Waals surface area contributed by atoms with E-state index in [1.54, 1.807) is 11.3 Å². The van der Waals surface area contributed by atoms with E-state index in [1.807, 2.05) is 24.3 Å². The topological polar surface area (TPSA) is 37.0 Å². The summed E-state index contributed by atoms with van der Waals surface area (Å²) in [4.78, 5) is 4.54. The standard InChI is InChI=1S/C13H16BrN3S/c1-2-6-15-8-12-9-18-13(17-12)16-11-5-3-4-10(14)7-11/h3-5,7,9,15H,2,6,8H2,1H3,(H,16,17). The fourth-order valence-corrected chi connectivity index (χ4v) is 2.66. The average Bonchev–Trinajstić information content (AvgIpc) is 2.77. The molecule has 0 atom stereocenters. The SMILES string of the molecule is CCCNCc1csc(Nc2cccc(Br)c2)n1. The number of thiazole rings is 1. The number of anilines is 2. The van der Waals surface area contributed by atoms with Gasteiger partial charge in [0.25, 0.3) is 0 Å². The molecule has 1 aromatic carbocycles. The van der Waals surface area contributed by atoms with Crippen LogP contribution in [-0.2, 0) is 6.54 Å². The van der Waals surface area contributed by atoms with Crippen LogP contribution in [0.2, 0.25) is 0 Å². The predicted molar refractivity (Wildman–Crippen MR) is 81.5 cm³/mol.